The van der Waals surface area contributed by atoms with Crippen LogP contribution in [0.1, 0.15) is 72.5 Å². The van der Waals surface area contributed by atoms with Crippen LogP contribution in [0.4, 0.5) is 0 Å². The molecular formula is C36H36N8O2. The molecule has 4 aliphatic rings. The monoisotopic (exact) mass is 612 g/mol. The molecule has 0 aliphatic carbocycles. The Labute approximate surface area is 266 Å². The van der Waals surface area contributed by atoms with Gasteiger partial charge in [-0.2, -0.15) is 10.2 Å². The molecule has 10 heteroatoms. The lowest BCUT2D eigenvalue weighted by molar-refractivity contribution is 0.0797. The van der Waals surface area contributed by atoms with Crippen LogP contribution < -0.4 is 0 Å². The average molecular weight is 613 g/mol. The number of benzene rings is 2. The topological polar surface area (TPSA) is 112 Å². The predicted molar refractivity (Wildman–Crippen MR) is 171 cm³/mol. The van der Waals surface area contributed by atoms with Crippen molar-refractivity contribution in [3.8, 4) is 22.5 Å². The van der Waals surface area contributed by atoms with Crippen LogP contribution in [0.15, 0.2) is 98.1 Å². The Bertz CT molecular complexity index is 1870. The van der Waals surface area contributed by atoms with Crippen LogP contribution in [0.5, 0.6) is 0 Å². The summed E-state index contributed by atoms with van der Waals surface area (Å²) in [5, 5.41) is 30.8. The second-order valence-electron chi connectivity index (χ2n) is 12.9. The summed E-state index contributed by atoms with van der Waals surface area (Å²) in [6.07, 6.45) is 14.2. The highest BCUT2D eigenvalue weighted by atomic mass is 16.3. The molecule has 10 rings (SSSR count). The van der Waals surface area contributed by atoms with E-state index >= 15 is 0 Å². The fourth-order valence-electron chi connectivity index (χ4n) is 8.55. The summed E-state index contributed by atoms with van der Waals surface area (Å²) in [6.45, 7) is 1.75. The van der Waals surface area contributed by atoms with Gasteiger partial charge in [0, 0.05) is 48.4 Å². The largest absolute Gasteiger partial charge is 0.386 e. The van der Waals surface area contributed by atoms with Gasteiger partial charge in [0.15, 0.2) is 0 Å². The molecule has 0 radical (unpaired) electrons. The van der Waals surface area contributed by atoms with E-state index < -0.39 is 12.2 Å². The van der Waals surface area contributed by atoms with Gasteiger partial charge in [-0.25, -0.2) is 9.97 Å². The number of imidazole rings is 2. The minimum Gasteiger partial charge on any atom is -0.386 e. The molecule has 2 N–H and O–H groups in total. The molecule has 0 bridgehead atoms. The van der Waals surface area contributed by atoms with Gasteiger partial charge in [0.1, 0.15) is 12.2 Å². The van der Waals surface area contributed by atoms with Gasteiger partial charge in [-0.3, -0.25) is 9.36 Å². The number of aryl methyl sites for hydroxylation is 2. The van der Waals surface area contributed by atoms with E-state index in [1.807, 2.05) is 46.5 Å². The second kappa shape index (κ2) is 10.9. The van der Waals surface area contributed by atoms with Crippen molar-refractivity contribution >= 4 is 0 Å². The molecule has 0 spiro atoms. The van der Waals surface area contributed by atoms with Crippen molar-refractivity contribution in [1.82, 2.24) is 38.7 Å². The van der Waals surface area contributed by atoms with Crippen LogP contribution >= 0.6 is 0 Å². The van der Waals surface area contributed by atoms with Crippen LogP contribution in [0.25, 0.3) is 22.5 Å². The number of nitrogens with zero attached hydrogens (tertiary/aromatic N) is 8. The summed E-state index contributed by atoms with van der Waals surface area (Å²) in [5.41, 5.74) is 9.21. The van der Waals surface area contributed by atoms with E-state index in [0.717, 1.165) is 61.5 Å². The van der Waals surface area contributed by atoms with Crippen molar-refractivity contribution in [3.63, 3.8) is 0 Å². The lowest BCUT2D eigenvalue weighted by Crippen LogP contribution is -2.23. The van der Waals surface area contributed by atoms with Crippen LogP contribution in [0.3, 0.4) is 0 Å². The summed E-state index contributed by atoms with van der Waals surface area (Å²) < 4.78 is 8.34. The van der Waals surface area contributed by atoms with Crippen molar-refractivity contribution in [2.45, 2.75) is 63.1 Å². The number of aliphatic hydroxyl groups excluding tert-OH is 2. The number of rotatable bonds is 2. The maximum atomic E-state index is 11.0. The number of fused-ring (bicyclic) bond motifs is 8. The Hall–Kier alpha value is -4.80. The first-order chi connectivity index (χ1) is 22.7. The maximum Gasteiger partial charge on any atom is 0.101 e. The van der Waals surface area contributed by atoms with Crippen LogP contribution in [0.2, 0.25) is 0 Å². The molecule has 232 valence electrons. The molecule has 0 fully saturated rings. The molecule has 0 saturated heterocycles. The summed E-state index contributed by atoms with van der Waals surface area (Å²) in [7, 11) is 0. The minimum atomic E-state index is -0.508. The molecule has 10 nitrogen and oxygen atoms in total. The van der Waals surface area contributed by atoms with E-state index in [-0.39, 0.29) is 23.9 Å². The number of hydrogen-bond acceptors (Lipinski definition) is 6. The standard InChI is InChI=1S/2C18H18N4O/c2*23-18-14(6-3-9-22-15(18)7-8-20-22)17-13-5-2-1-4-12(13)16-10-19-11-21(16)17/h2*1-2,4-5,7-8,10-11,14,17-18,23H,3,6,9H2/t14-,17+,18+;14-,17+,18-/m00/s1. The Morgan fingerprint density at radius 2 is 1.04 bits per heavy atom. The first-order valence-corrected chi connectivity index (χ1v) is 16.3. The fraction of sp³-hybridized carbons (Fsp3) is 0.333. The van der Waals surface area contributed by atoms with Crippen molar-refractivity contribution < 1.29 is 10.2 Å². The Balaban J connectivity index is 0.000000127. The van der Waals surface area contributed by atoms with Crippen LogP contribution in [-0.2, 0) is 13.1 Å². The second-order valence-corrected chi connectivity index (χ2v) is 12.9. The van der Waals surface area contributed by atoms with Gasteiger partial charge < -0.3 is 19.3 Å². The molecule has 8 heterocycles. The highest BCUT2D eigenvalue weighted by Crippen LogP contribution is 2.50. The van der Waals surface area contributed by atoms with Gasteiger partial charge in [-0.1, -0.05) is 48.5 Å². The van der Waals surface area contributed by atoms with Crippen molar-refractivity contribution in [1.29, 1.82) is 0 Å². The van der Waals surface area contributed by atoms with E-state index in [0.29, 0.717) is 0 Å². The van der Waals surface area contributed by atoms with E-state index in [9.17, 15) is 10.2 Å². The quantitative estimate of drug-likeness (QED) is 0.264. The molecule has 6 atom stereocenters. The lowest BCUT2D eigenvalue weighted by atomic mass is 9.84. The number of aliphatic hydroxyl groups is 2. The zero-order chi connectivity index (χ0) is 30.8. The molecule has 6 aromatic rings. The average Bonchev–Trinajstić information content (AvgIpc) is 3.92. The van der Waals surface area contributed by atoms with E-state index in [1.165, 1.54) is 22.3 Å². The lowest BCUT2D eigenvalue weighted by Gasteiger charge is -2.28. The van der Waals surface area contributed by atoms with Gasteiger partial charge >= 0.3 is 0 Å². The van der Waals surface area contributed by atoms with Gasteiger partial charge in [-0.05, 0) is 48.9 Å². The fourth-order valence-corrected chi connectivity index (χ4v) is 8.55. The smallest absolute Gasteiger partial charge is 0.101 e. The molecule has 4 aliphatic heterocycles. The van der Waals surface area contributed by atoms with Gasteiger partial charge in [0.25, 0.3) is 0 Å². The summed E-state index contributed by atoms with van der Waals surface area (Å²) in [4.78, 5) is 8.67. The summed E-state index contributed by atoms with van der Waals surface area (Å²) >= 11 is 0. The zero-order valence-corrected chi connectivity index (χ0v) is 25.4. The van der Waals surface area contributed by atoms with Crippen molar-refractivity contribution in [2.75, 3.05) is 0 Å². The first kappa shape index (κ1) is 27.5. The van der Waals surface area contributed by atoms with E-state index in [1.54, 1.807) is 12.4 Å². The first-order valence-electron chi connectivity index (χ1n) is 16.3. The molecule has 0 saturated carbocycles. The van der Waals surface area contributed by atoms with E-state index in [2.05, 4.69) is 77.8 Å². The van der Waals surface area contributed by atoms with Gasteiger partial charge in [0.05, 0.1) is 59.9 Å². The van der Waals surface area contributed by atoms with Crippen LogP contribution in [-0.4, -0.2) is 48.9 Å². The number of hydrogen-bond donors (Lipinski definition) is 2. The Morgan fingerprint density at radius 1 is 0.587 bits per heavy atom. The highest BCUT2D eigenvalue weighted by Gasteiger charge is 2.41. The maximum absolute atomic E-state index is 11.0. The SMILES string of the molecule is O[C@@H]1c2ccnn2CCC[C@H]1[C@H]1c2ccccc2-c2cncn21.O[C@H]1c2ccnn2CCC[C@H]1[C@H]1c2ccccc2-c2cncn21. The van der Waals surface area contributed by atoms with Crippen molar-refractivity contribution in [2.24, 2.45) is 11.8 Å². The van der Waals surface area contributed by atoms with Gasteiger partial charge in [0.2, 0.25) is 0 Å². The molecular weight excluding hydrogens is 576 g/mol. The Kier molecular flexibility index (Phi) is 6.53. The Morgan fingerprint density at radius 3 is 1.52 bits per heavy atom. The molecule has 0 amide bonds. The molecule has 46 heavy (non-hydrogen) atoms. The van der Waals surface area contributed by atoms with E-state index in [4.69, 9.17) is 0 Å². The van der Waals surface area contributed by atoms with Crippen molar-refractivity contribution in [3.05, 3.63) is 121 Å². The highest BCUT2D eigenvalue weighted by molar-refractivity contribution is 5.70. The summed E-state index contributed by atoms with van der Waals surface area (Å²) in [6, 6.07) is 21.1. The van der Waals surface area contributed by atoms with Gasteiger partial charge in [-0.15, -0.1) is 0 Å². The molecule has 2 aromatic carbocycles. The third kappa shape index (κ3) is 4.16. The third-order valence-electron chi connectivity index (χ3n) is 10.6. The zero-order valence-electron chi connectivity index (χ0n) is 25.4. The predicted octanol–water partition coefficient (Wildman–Crippen LogP) is 5.59. The number of aromatic nitrogens is 8. The molecule has 0 unspecified atom stereocenters. The third-order valence-corrected chi connectivity index (χ3v) is 10.6. The van der Waals surface area contributed by atoms with Crippen LogP contribution in [0, 0.1) is 11.8 Å². The minimum absolute atomic E-state index is 0.129. The normalized spacial score (nSPS) is 25.5. The summed E-state index contributed by atoms with van der Waals surface area (Å²) in [5.74, 6) is 0.258. The molecule has 4 aromatic heterocycles.